The second-order valence-electron chi connectivity index (χ2n) is 8.43. The van der Waals surface area contributed by atoms with E-state index in [0.717, 1.165) is 60.1 Å². The molecule has 6 heteroatoms. The SMILES string of the molecule is COc1cccc(-c2cc(N3CCCc4ccc(OCc5ccccc5)cc4C3)nc(N)n2)c1. The Bertz CT molecular complexity index is 1280. The number of methoxy groups -OCH3 is 1. The minimum Gasteiger partial charge on any atom is -0.497 e. The highest BCUT2D eigenvalue weighted by molar-refractivity contribution is 5.66. The summed E-state index contributed by atoms with van der Waals surface area (Å²) in [5.41, 5.74) is 11.6. The second kappa shape index (κ2) is 9.83. The molecule has 3 aromatic carbocycles. The number of fused-ring (bicyclic) bond motifs is 1. The van der Waals surface area contributed by atoms with E-state index in [0.29, 0.717) is 6.61 Å². The third kappa shape index (κ3) is 4.96. The van der Waals surface area contributed by atoms with Gasteiger partial charge in [-0.3, -0.25) is 0 Å². The van der Waals surface area contributed by atoms with Crippen LogP contribution in [0.2, 0.25) is 0 Å². The Kier molecular flexibility index (Phi) is 6.29. The minimum atomic E-state index is 0.264. The van der Waals surface area contributed by atoms with Crippen LogP contribution in [0.25, 0.3) is 11.3 Å². The summed E-state index contributed by atoms with van der Waals surface area (Å²) in [4.78, 5) is 11.3. The average Bonchev–Trinajstić information content (AvgIpc) is 3.10. The third-order valence-corrected chi connectivity index (χ3v) is 6.08. The first-order valence-corrected chi connectivity index (χ1v) is 11.5. The largest absolute Gasteiger partial charge is 0.497 e. The van der Waals surface area contributed by atoms with Crippen molar-refractivity contribution in [3.63, 3.8) is 0 Å². The number of rotatable bonds is 6. The molecule has 34 heavy (non-hydrogen) atoms. The first kappa shape index (κ1) is 21.8. The smallest absolute Gasteiger partial charge is 0.222 e. The lowest BCUT2D eigenvalue weighted by molar-refractivity contribution is 0.306. The molecule has 0 saturated heterocycles. The molecular formula is C28H28N4O2. The van der Waals surface area contributed by atoms with Crippen molar-refractivity contribution in [2.45, 2.75) is 26.0 Å². The zero-order chi connectivity index (χ0) is 23.3. The molecule has 0 unspecified atom stereocenters. The molecule has 5 rings (SSSR count). The molecule has 1 aliphatic heterocycles. The number of nitrogen functional groups attached to an aromatic ring is 1. The Hall–Kier alpha value is -4.06. The molecule has 4 aromatic rings. The molecule has 2 heterocycles. The maximum Gasteiger partial charge on any atom is 0.222 e. The lowest BCUT2D eigenvalue weighted by Gasteiger charge is -2.23. The number of ether oxygens (including phenoxy) is 2. The van der Waals surface area contributed by atoms with Gasteiger partial charge < -0.3 is 20.1 Å². The van der Waals surface area contributed by atoms with E-state index in [1.807, 2.05) is 48.5 Å². The van der Waals surface area contributed by atoms with Gasteiger partial charge in [-0.05, 0) is 53.8 Å². The summed E-state index contributed by atoms with van der Waals surface area (Å²) < 4.78 is 11.5. The normalized spacial score (nSPS) is 13.1. The number of aromatic nitrogens is 2. The maximum atomic E-state index is 6.13. The van der Waals surface area contributed by atoms with Crippen molar-refractivity contribution < 1.29 is 9.47 Å². The van der Waals surface area contributed by atoms with Crippen LogP contribution < -0.4 is 20.1 Å². The molecule has 1 aromatic heterocycles. The van der Waals surface area contributed by atoms with Gasteiger partial charge in [0.15, 0.2) is 0 Å². The standard InChI is InChI=1S/C28H28N4O2/c1-33-24-11-5-9-22(15-24)26-17-27(31-28(29)30-26)32-14-6-10-21-12-13-25(16-23(21)18-32)34-19-20-7-3-2-4-8-20/h2-5,7-9,11-13,15-17H,6,10,14,18-19H2,1H3,(H2,29,30,31). The summed E-state index contributed by atoms with van der Waals surface area (Å²) in [6, 6.07) is 26.5. The number of nitrogens with two attached hydrogens (primary N) is 1. The minimum absolute atomic E-state index is 0.264. The van der Waals surface area contributed by atoms with Gasteiger partial charge in [0.2, 0.25) is 5.95 Å². The molecule has 0 aliphatic carbocycles. The molecule has 0 saturated carbocycles. The van der Waals surface area contributed by atoms with E-state index < -0.39 is 0 Å². The highest BCUT2D eigenvalue weighted by Crippen LogP contribution is 2.30. The fourth-order valence-electron chi connectivity index (χ4n) is 4.31. The van der Waals surface area contributed by atoms with Crippen LogP contribution in [0.4, 0.5) is 11.8 Å². The van der Waals surface area contributed by atoms with Crippen LogP contribution in [0, 0.1) is 0 Å². The summed E-state index contributed by atoms with van der Waals surface area (Å²) in [6.07, 6.45) is 2.06. The van der Waals surface area contributed by atoms with Gasteiger partial charge in [-0.2, -0.15) is 4.98 Å². The van der Waals surface area contributed by atoms with E-state index in [-0.39, 0.29) is 5.95 Å². The molecule has 2 N–H and O–H groups in total. The number of hydrogen-bond acceptors (Lipinski definition) is 6. The number of benzene rings is 3. The van der Waals surface area contributed by atoms with Crippen LogP contribution in [0.5, 0.6) is 11.5 Å². The van der Waals surface area contributed by atoms with Gasteiger partial charge in [0.1, 0.15) is 23.9 Å². The molecular weight excluding hydrogens is 424 g/mol. The molecule has 0 spiro atoms. The highest BCUT2D eigenvalue weighted by Gasteiger charge is 2.18. The van der Waals surface area contributed by atoms with Crippen LogP contribution >= 0.6 is 0 Å². The summed E-state index contributed by atoms with van der Waals surface area (Å²) >= 11 is 0. The van der Waals surface area contributed by atoms with Gasteiger partial charge >= 0.3 is 0 Å². The van der Waals surface area contributed by atoms with Gasteiger partial charge in [0, 0.05) is 24.7 Å². The van der Waals surface area contributed by atoms with Gasteiger partial charge in [0.05, 0.1) is 12.8 Å². The third-order valence-electron chi connectivity index (χ3n) is 6.08. The molecule has 0 fully saturated rings. The van der Waals surface area contributed by atoms with Crippen LogP contribution in [0.3, 0.4) is 0 Å². The van der Waals surface area contributed by atoms with E-state index in [1.165, 1.54) is 11.1 Å². The number of hydrogen-bond donors (Lipinski definition) is 1. The first-order valence-electron chi connectivity index (χ1n) is 11.5. The fourth-order valence-corrected chi connectivity index (χ4v) is 4.31. The van der Waals surface area contributed by atoms with Crippen LogP contribution in [-0.4, -0.2) is 23.6 Å². The van der Waals surface area contributed by atoms with E-state index >= 15 is 0 Å². The average molecular weight is 453 g/mol. The van der Waals surface area contributed by atoms with Crippen LogP contribution in [0.1, 0.15) is 23.1 Å². The van der Waals surface area contributed by atoms with Gasteiger partial charge in [0.25, 0.3) is 0 Å². The van der Waals surface area contributed by atoms with E-state index in [4.69, 9.17) is 15.2 Å². The Morgan fingerprint density at radius 1 is 0.882 bits per heavy atom. The maximum absolute atomic E-state index is 6.13. The van der Waals surface area contributed by atoms with Crippen molar-refractivity contribution in [3.05, 3.63) is 95.6 Å². The lowest BCUT2D eigenvalue weighted by atomic mass is 10.0. The zero-order valence-electron chi connectivity index (χ0n) is 19.3. The topological polar surface area (TPSA) is 73.5 Å². The Balaban J connectivity index is 1.39. The summed E-state index contributed by atoms with van der Waals surface area (Å²) in [5.74, 6) is 2.75. The Labute approximate surface area is 200 Å². The molecule has 0 bridgehead atoms. The van der Waals surface area contributed by atoms with Crippen molar-refractivity contribution in [1.29, 1.82) is 0 Å². The first-order chi connectivity index (χ1) is 16.7. The molecule has 0 radical (unpaired) electrons. The molecule has 0 atom stereocenters. The molecule has 6 nitrogen and oxygen atoms in total. The van der Waals surface area contributed by atoms with Gasteiger partial charge in [-0.25, -0.2) is 4.98 Å². The van der Waals surface area contributed by atoms with Gasteiger partial charge in [-0.15, -0.1) is 0 Å². The summed E-state index contributed by atoms with van der Waals surface area (Å²) in [6.45, 7) is 2.18. The van der Waals surface area contributed by atoms with E-state index in [1.54, 1.807) is 7.11 Å². The molecule has 0 amide bonds. The number of aryl methyl sites for hydroxylation is 1. The Morgan fingerprint density at radius 3 is 2.62 bits per heavy atom. The highest BCUT2D eigenvalue weighted by atomic mass is 16.5. The van der Waals surface area contributed by atoms with Crippen LogP contribution in [-0.2, 0) is 19.6 Å². The molecule has 172 valence electrons. The Morgan fingerprint density at radius 2 is 1.76 bits per heavy atom. The quantitative estimate of drug-likeness (QED) is 0.430. The molecule has 1 aliphatic rings. The zero-order valence-corrected chi connectivity index (χ0v) is 19.3. The van der Waals surface area contributed by atoms with Crippen molar-refractivity contribution in [2.24, 2.45) is 0 Å². The second-order valence-corrected chi connectivity index (χ2v) is 8.43. The van der Waals surface area contributed by atoms with Gasteiger partial charge in [-0.1, -0.05) is 48.5 Å². The van der Waals surface area contributed by atoms with Crippen LogP contribution in [0.15, 0.2) is 78.9 Å². The predicted octanol–water partition coefficient (Wildman–Crippen LogP) is 5.27. The van der Waals surface area contributed by atoms with Crippen molar-refractivity contribution in [1.82, 2.24) is 9.97 Å². The predicted molar refractivity (Wildman–Crippen MR) is 135 cm³/mol. The lowest BCUT2D eigenvalue weighted by Crippen LogP contribution is -2.24. The summed E-state index contributed by atoms with van der Waals surface area (Å²) in [5, 5.41) is 0. The van der Waals surface area contributed by atoms with E-state index in [2.05, 4.69) is 45.2 Å². The number of nitrogens with zero attached hydrogens (tertiary/aromatic N) is 3. The van der Waals surface area contributed by atoms with Crippen molar-refractivity contribution in [2.75, 3.05) is 24.3 Å². The number of anilines is 2. The summed E-state index contributed by atoms with van der Waals surface area (Å²) in [7, 11) is 1.66. The monoisotopic (exact) mass is 452 g/mol. The van der Waals surface area contributed by atoms with Crippen molar-refractivity contribution in [3.8, 4) is 22.8 Å². The fraction of sp³-hybridized carbons (Fsp3) is 0.214. The van der Waals surface area contributed by atoms with E-state index in [9.17, 15) is 0 Å². The van der Waals surface area contributed by atoms with Crippen molar-refractivity contribution >= 4 is 11.8 Å².